The summed E-state index contributed by atoms with van der Waals surface area (Å²) in [5.41, 5.74) is 2.33. The van der Waals surface area contributed by atoms with Gasteiger partial charge in [-0.1, -0.05) is 45.7 Å². The Kier molecular flexibility index (Phi) is 4.79. The molecule has 1 N–H and O–H groups in total. The van der Waals surface area contributed by atoms with Crippen LogP contribution < -0.4 is 5.32 Å². The van der Waals surface area contributed by atoms with Crippen molar-refractivity contribution in [3.05, 3.63) is 81.5 Å². The van der Waals surface area contributed by atoms with Crippen LogP contribution in [0.1, 0.15) is 15.9 Å². The molecule has 0 saturated carbocycles. The third kappa shape index (κ3) is 4.21. The second-order valence-electron chi connectivity index (χ2n) is 5.02. The number of rotatable bonds is 4. The molecule has 0 atom stereocenters. The van der Waals surface area contributed by atoms with E-state index in [1.807, 2.05) is 36.4 Å². The molecule has 2 aromatic carbocycles. The number of aromatic nitrogens is 2. The Labute approximate surface area is 147 Å². The highest BCUT2D eigenvalue weighted by molar-refractivity contribution is 9.10. The molecule has 4 nitrogen and oxygen atoms in total. The fourth-order valence-corrected chi connectivity index (χ4v) is 2.65. The van der Waals surface area contributed by atoms with Crippen LogP contribution in [0, 0.1) is 0 Å². The van der Waals surface area contributed by atoms with E-state index in [1.54, 1.807) is 29.2 Å². The number of nitrogens with one attached hydrogen (secondary N) is 1. The molecule has 116 valence electrons. The maximum absolute atomic E-state index is 12.2. The van der Waals surface area contributed by atoms with E-state index < -0.39 is 0 Å². The van der Waals surface area contributed by atoms with Crippen molar-refractivity contribution in [3.63, 3.8) is 0 Å². The van der Waals surface area contributed by atoms with Crippen LogP contribution in [0.2, 0.25) is 5.02 Å². The Morgan fingerprint density at radius 3 is 2.74 bits per heavy atom. The lowest BCUT2D eigenvalue weighted by atomic mass is 10.2. The molecule has 0 saturated heterocycles. The lowest BCUT2D eigenvalue weighted by Gasteiger charge is -2.03. The predicted octanol–water partition coefficient (Wildman–Crippen LogP) is 4.60. The van der Waals surface area contributed by atoms with Crippen molar-refractivity contribution in [2.75, 3.05) is 5.32 Å². The Morgan fingerprint density at radius 1 is 1.22 bits per heavy atom. The molecule has 3 aromatic rings. The van der Waals surface area contributed by atoms with Gasteiger partial charge in [0.25, 0.3) is 5.91 Å². The van der Waals surface area contributed by atoms with E-state index in [-0.39, 0.29) is 5.91 Å². The second kappa shape index (κ2) is 6.98. The van der Waals surface area contributed by atoms with Crippen LogP contribution in [0.25, 0.3) is 0 Å². The third-order valence-corrected chi connectivity index (χ3v) is 3.98. The van der Waals surface area contributed by atoms with E-state index in [0.29, 0.717) is 22.8 Å². The van der Waals surface area contributed by atoms with Gasteiger partial charge in [0.2, 0.25) is 0 Å². The van der Waals surface area contributed by atoms with Crippen LogP contribution in [-0.4, -0.2) is 15.7 Å². The molecular weight excluding hydrogens is 378 g/mol. The van der Waals surface area contributed by atoms with Crippen molar-refractivity contribution in [2.24, 2.45) is 0 Å². The monoisotopic (exact) mass is 389 g/mol. The Balaban J connectivity index is 1.67. The first-order valence-corrected chi connectivity index (χ1v) is 8.11. The largest absolute Gasteiger partial charge is 0.319 e. The van der Waals surface area contributed by atoms with Gasteiger partial charge in [-0.2, -0.15) is 5.10 Å². The van der Waals surface area contributed by atoms with Gasteiger partial charge in [0.1, 0.15) is 0 Å². The van der Waals surface area contributed by atoms with Crippen LogP contribution in [0.5, 0.6) is 0 Å². The van der Waals surface area contributed by atoms with Crippen molar-refractivity contribution in [1.82, 2.24) is 9.78 Å². The van der Waals surface area contributed by atoms with Gasteiger partial charge in [-0.3, -0.25) is 9.48 Å². The lowest BCUT2D eigenvalue weighted by molar-refractivity contribution is 0.102. The third-order valence-electron chi connectivity index (χ3n) is 3.24. The number of hydrogen-bond donors (Lipinski definition) is 1. The quantitative estimate of drug-likeness (QED) is 0.708. The van der Waals surface area contributed by atoms with Crippen LogP contribution in [0.4, 0.5) is 5.69 Å². The van der Waals surface area contributed by atoms with Gasteiger partial charge >= 0.3 is 0 Å². The summed E-state index contributed by atoms with van der Waals surface area (Å²) >= 11 is 9.23. The van der Waals surface area contributed by atoms with Crippen LogP contribution >= 0.6 is 27.5 Å². The van der Waals surface area contributed by atoms with Crippen LogP contribution in [0.3, 0.4) is 0 Å². The summed E-state index contributed by atoms with van der Waals surface area (Å²) in [5, 5.41) is 7.80. The molecule has 23 heavy (non-hydrogen) atoms. The minimum Gasteiger partial charge on any atom is -0.319 e. The number of carbonyl (C=O) groups is 1. The molecule has 0 aliphatic rings. The topological polar surface area (TPSA) is 46.9 Å². The number of benzene rings is 2. The molecule has 0 spiro atoms. The highest BCUT2D eigenvalue weighted by Gasteiger charge is 2.08. The minimum absolute atomic E-state index is 0.169. The summed E-state index contributed by atoms with van der Waals surface area (Å²) in [6.45, 7) is 0.615. The average molecular weight is 391 g/mol. The molecule has 6 heteroatoms. The van der Waals surface area contributed by atoms with E-state index in [4.69, 9.17) is 11.6 Å². The smallest absolute Gasteiger partial charge is 0.255 e. The molecule has 1 heterocycles. The van der Waals surface area contributed by atoms with Gasteiger partial charge in [0, 0.05) is 21.3 Å². The van der Waals surface area contributed by atoms with Crippen molar-refractivity contribution >= 4 is 39.1 Å². The molecule has 0 unspecified atom stereocenters. The van der Waals surface area contributed by atoms with E-state index in [1.165, 1.54) is 0 Å². The zero-order chi connectivity index (χ0) is 16.2. The second-order valence-corrected chi connectivity index (χ2v) is 6.37. The Morgan fingerprint density at radius 2 is 2.00 bits per heavy atom. The van der Waals surface area contributed by atoms with Gasteiger partial charge < -0.3 is 5.32 Å². The summed E-state index contributed by atoms with van der Waals surface area (Å²) in [6.07, 6.45) is 3.43. The number of hydrogen-bond acceptors (Lipinski definition) is 2. The predicted molar refractivity (Wildman–Crippen MR) is 94.9 cm³/mol. The van der Waals surface area contributed by atoms with Crippen molar-refractivity contribution < 1.29 is 4.79 Å². The summed E-state index contributed by atoms with van der Waals surface area (Å²) < 4.78 is 2.63. The summed E-state index contributed by atoms with van der Waals surface area (Å²) in [4.78, 5) is 12.2. The molecule has 0 aliphatic heterocycles. The highest BCUT2D eigenvalue weighted by atomic mass is 79.9. The zero-order valence-corrected chi connectivity index (χ0v) is 14.4. The fourth-order valence-electron chi connectivity index (χ4n) is 2.12. The van der Waals surface area contributed by atoms with Gasteiger partial charge in [0.05, 0.1) is 18.4 Å². The van der Waals surface area contributed by atoms with E-state index in [0.717, 1.165) is 10.0 Å². The number of carbonyl (C=O) groups excluding carboxylic acids is 1. The molecule has 0 radical (unpaired) electrons. The maximum atomic E-state index is 12.2. The molecule has 0 fully saturated rings. The van der Waals surface area contributed by atoms with E-state index >= 15 is 0 Å². The number of amides is 1. The molecule has 1 amide bonds. The van der Waals surface area contributed by atoms with E-state index in [2.05, 4.69) is 26.3 Å². The standard InChI is InChI=1S/C17H13BrClN3O/c18-14-3-1-2-13(8-14)17(23)21-16-9-20-22(11-16)10-12-4-6-15(19)7-5-12/h1-9,11H,10H2,(H,21,23). The number of halogens is 2. The number of nitrogens with zero attached hydrogens (tertiary/aromatic N) is 2. The first-order chi connectivity index (χ1) is 11.1. The maximum Gasteiger partial charge on any atom is 0.255 e. The van der Waals surface area contributed by atoms with Crippen molar-refractivity contribution in [2.45, 2.75) is 6.54 Å². The van der Waals surface area contributed by atoms with Gasteiger partial charge in [-0.15, -0.1) is 0 Å². The zero-order valence-electron chi connectivity index (χ0n) is 12.0. The first-order valence-electron chi connectivity index (χ1n) is 6.94. The SMILES string of the molecule is O=C(Nc1cnn(Cc2ccc(Cl)cc2)c1)c1cccc(Br)c1. The molecule has 1 aromatic heterocycles. The van der Waals surface area contributed by atoms with E-state index in [9.17, 15) is 4.79 Å². The first kappa shape index (κ1) is 15.8. The van der Waals surface area contributed by atoms with Crippen molar-refractivity contribution in [1.29, 1.82) is 0 Å². The Bertz CT molecular complexity index is 830. The molecule has 0 aliphatic carbocycles. The Hall–Kier alpha value is -2.11. The van der Waals surface area contributed by atoms with Gasteiger partial charge in [0.15, 0.2) is 0 Å². The van der Waals surface area contributed by atoms with Gasteiger partial charge in [-0.05, 0) is 35.9 Å². The summed E-state index contributed by atoms with van der Waals surface area (Å²) in [7, 11) is 0. The highest BCUT2D eigenvalue weighted by Crippen LogP contribution is 2.15. The summed E-state index contributed by atoms with van der Waals surface area (Å²) in [5.74, 6) is -0.169. The molecule has 0 bridgehead atoms. The van der Waals surface area contributed by atoms with Crippen molar-refractivity contribution in [3.8, 4) is 0 Å². The minimum atomic E-state index is -0.169. The van der Waals surface area contributed by atoms with Crippen LogP contribution in [-0.2, 0) is 6.54 Å². The molecular formula is C17H13BrClN3O. The molecule has 3 rings (SSSR count). The van der Waals surface area contributed by atoms with Gasteiger partial charge in [-0.25, -0.2) is 0 Å². The summed E-state index contributed by atoms with van der Waals surface area (Å²) in [6, 6.07) is 14.8. The average Bonchev–Trinajstić information content (AvgIpc) is 2.96. The van der Waals surface area contributed by atoms with Crippen LogP contribution in [0.15, 0.2) is 65.4 Å². The normalized spacial score (nSPS) is 10.5. The number of anilines is 1. The fraction of sp³-hybridized carbons (Fsp3) is 0.0588. The lowest BCUT2D eigenvalue weighted by Crippen LogP contribution is -2.11.